The molecule has 0 atom stereocenters. The fourth-order valence-electron chi connectivity index (χ4n) is 1.59. The Bertz CT molecular complexity index is 661. The molecule has 19 heavy (non-hydrogen) atoms. The molecule has 4 N–H and O–H groups in total. The minimum atomic E-state index is -3.54. The Balaban J connectivity index is 2.05. The number of hydrogen-bond acceptors (Lipinski definition) is 3. The smallest absolute Gasteiger partial charge is 0.272 e. The van der Waals surface area contributed by atoms with Crippen molar-refractivity contribution in [3.05, 3.63) is 53.9 Å². The number of rotatable bonds is 4. The maximum absolute atomic E-state index is 11.7. The summed E-state index contributed by atoms with van der Waals surface area (Å²) < 4.78 is 21.8. The monoisotopic (exact) mass is 279 g/mol. The number of nitrogens with two attached hydrogens (primary N) is 1. The van der Waals surface area contributed by atoms with E-state index in [4.69, 9.17) is 5.14 Å². The highest BCUT2D eigenvalue weighted by Gasteiger charge is 2.07. The van der Waals surface area contributed by atoms with Crippen LogP contribution in [0.15, 0.2) is 42.6 Å². The molecule has 0 bridgehead atoms. The number of hydrogen-bond donors (Lipinski definition) is 3. The summed E-state index contributed by atoms with van der Waals surface area (Å²) in [4.78, 5) is 14.5. The molecule has 2 aromatic rings. The normalized spacial score (nSPS) is 11.2. The van der Waals surface area contributed by atoms with E-state index >= 15 is 0 Å². The number of sulfonamides is 1. The van der Waals surface area contributed by atoms with Gasteiger partial charge in [-0.05, 0) is 29.8 Å². The molecule has 0 radical (unpaired) electrons. The molecule has 0 aliphatic carbocycles. The van der Waals surface area contributed by atoms with Crippen molar-refractivity contribution in [1.29, 1.82) is 0 Å². The number of H-pyrrole nitrogens is 1. The third kappa shape index (κ3) is 3.94. The zero-order valence-electron chi connectivity index (χ0n) is 9.96. The lowest BCUT2D eigenvalue weighted by molar-refractivity contribution is 0.102. The Kier molecular flexibility index (Phi) is 3.68. The van der Waals surface area contributed by atoms with E-state index in [1.165, 1.54) is 0 Å². The quantitative estimate of drug-likeness (QED) is 0.779. The number of primary sulfonamides is 1. The molecule has 0 saturated carbocycles. The maximum Gasteiger partial charge on any atom is 0.272 e. The summed E-state index contributed by atoms with van der Waals surface area (Å²) >= 11 is 0. The Morgan fingerprint density at radius 1 is 1.21 bits per heavy atom. The Labute approximate surface area is 110 Å². The van der Waals surface area contributed by atoms with Crippen LogP contribution in [-0.2, 0) is 15.8 Å². The van der Waals surface area contributed by atoms with Crippen LogP contribution in [0.2, 0.25) is 0 Å². The summed E-state index contributed by atoms with van der Waals surface area (Å²) in [5.41, 5.74) is 1.60. The molecule has 1 amide bonds. The molecule has 0 saturated heterocycles. The van der Waals surface area contributed by atoms with Gasteiger partial charge >= 0.3 is 0 Å². The number of carbonyl (C=O) groups is 1. The number of aromatic nitrogens is 1. The van der Waals surface area contributed by atoms with Crippen molar-refractivity contribution in [1.82, 2.24) is 4.98 Å². The van der Waals surface area contributed by atoms with E-state index in [2.05, 4.69) is 10.3 Å². The molecule has 0 unspecified atom stereocenters. The van der Waals surface area contributed by atoms with Gasteiger partial charge in [0.2, 0.25) is 10.0 Å². The van der Waals surface area contributed by atoms with Crippen molar-refractivity contribution in [2.24, 2.45) is 5.14 Å². The van der Waals surface area contributed by atoms with Crippen LogP contribution < -0.4 is 10.5 Å². The van der Waals surface area contributed by atoms with Crippen LogP contribution >= 0.6 is 0 Å². The zero-order valence-corrected chi connectivity index (χ0v) is 10.8. The molecule has 1 aromatic heterocycles. The summed E-state index contributed by atoms with van der Waals surface area (Å²) in [7, 11) is -3.54. The van der Waals surface area contributed by atoms with Gasteiger partial charge in [-0.15, -0.1) is 0 Å². The van der Waals surface area contributed by atoms with Crippen molar-refractivity contribution < 1.29 is 13.2 Å². The summed E-state index contributed by atoms with van der Waals surface area (Å²) in [5, 5.41) is 7.63. The standard InChI is InChI=1S/C12H13N3O3S/c13-19(17,18)8-9-3-5-10(6-4-9)15-12(16)11-2-1-7-14-11/h1-7,14H,8H2,(H,15,16)(H2,13,17,18). The van der Waals surface area contributed by atoms with E-state index in [-0.39, 0.29) is 11.7 Å². The van der Waals surface area contributed by atoms with Gasteiger partial charge in [-0.3, -0.25) is 4.79 Å². The molecule has 0 spiro atoms. The Morgan fingerprint density at radius 3 is 2.42 bits per heavy atom. The van der Waals surface area contributed by atoms with Crippen molar-refractivity contribution in [2.45, 2.75) is 5.75 Å². The van der Waals surface area contributed by atoms with Crippen LogP contribution in [0.4, 0.5) is 5.69 Å². The molecular formula is C12H13N3O3S. The molecule has 2 rings (SSSR count). The van der Waals surface area contributed by atoms with E-state index in [9.17, 15) is 13.2 Å². The van der Waals surface area contributed by atoms with Gasteiger partial charge in [0.05, 0.1) is 5.75 Å². The molecule has 100 valence electrons. The summed E-state index contributed by atoms with van der Waals surface area (Å²) in [6, 6.07) is 9.85. The predicted octanol–water partition coefficient (Wildman–Crippen LogP) is 1.06. The number of nitrogens with one attached hydrogen (secondary N) is 2. The zero-order chi connectivity index (χ0) is 13.9. The Hall–Kier alpha value is -2.12. The second-order valence-corrected chi connectivity index (χ2v) is 5.66. The number of benzene rings is 1. The first-order valence-corrected chi connectivity index (χ1v) is 7.20. The molecular weight excluding hydrogens is 266 g/mol. The lowest BCUT2D eigenvalue weighted by Gasteiger charge is -2.05. The second-order valence-electron chi connectivity index (χ2n) is 4.04. The largest absolute Gasteiger partial charge is 0.357 e. The van der Waals surface area contributed by atoms with E-state index in [1.54, 1.807) is 42.6 Å². The second kappa shape index (κ2) is 5.25. The molecule has 0 fully saturated rings. The van der Waals surface area contributed by atoms with Crippen LogP contribution in [0, 0.1) is 0 Å². The lowest BCUT2D eigenvalue weighted by atomic mass is 10.2. The molecule has 0 aliphatic rings. The Morgan fingerprint density at radius 2 is 1.89 bits per heavy atom. The SMILES string of the molecule is NS(=O)(=O)Cc1ccc(NC(=O)c2ccc[nH]2)cc1. The fourth-order valence-corrected chi connectivity index (χ4v) is 2.24. The first-order valence-electron chi connectivity index (χ1n) is 5.48. The van der Waals surface area contributed by atoms with E-state index in [0.717, 1.165) is 0 Å². The number of aromatic amines is 1. The average Bonchev–Trinajstić information content (AvgIpc) is 2.83. The van der Waals surface area contributed by atoms with Crippen molar-refractivity contribution in [2.75, 3.05) is 5.32 Å². The van der Waals surface area contributed by atoms with Crippen molar-refractivity contribution >= 4 is 21.6 Å². The van der Waals surface area contributed by atoms with Crippen molar-refractivity contribution in [3.63, 3.8) is 0 Å². The van der Waals surface area contributed by atoms with Crippen LogP contribution in [0.5, 0.6) is 0 Å². The molecule has 1 heterocycles. The highest BCUT2D eigenvalue weighted by Crippen LogP contribution is 2.12. The first kappa shape index (κ1) is 13.3. The van der Waals surface area contributed by atoms with Crippen molar-refractivity contribution in [3.8, 4) is 0 Å². The van der Waals surface area contributed by atoms with Gasteiger partial charge in [0, 0.05) is 11.9 Å². The van der Waals surface area contributed by atoms with Gasteiger partial charge in [0.1, 0.15) is 5.69 Å². The number of carbonyl (C=O) groups excluding carboxylic acids is 1. The van der Waals surface area contributed by atoms with Gasteiger partial charge in [-0.2, -0.15) is 0 Å². The third-order valence-electron chi connectivity index (χ3n) is 2.42. The average molecular weight is 279 g/mol. The summed E-state index contributed by atoms with van der Waals surface area (Å²) in [6.07, 6.45) is 1.66. The maximum atomic E-state index is 11.7. The minimum Gasteiger partial charge on any atom is -0.357 e. The first-order chi connectivity index (χ1) is 8.94. The van der Waals surface area contributed by atoms with Gasteiger partial charge < -0.3 is 10.3 Å². The lowest BCUT2D eigenvalue weighted by Crippen LogP contribution is -2.15. The van der Waals surface area contributed by atoms with Gasteiger partial charge in [0.15, 0.2) is 0 Å². The van der Waals surface area contributed by atoms with Gasteiger partial charge in [0.25, 0.3) is 5.91 Å². The van der Waals surface area contributed by atoms with E-state index < -0.39 is 10.0 Å². The highest BCUT2D eigenvalue weighted by molar-refractivity contribution is 7.88. The van der Waals surface area contributed by atoms with Gasteiger partial charge in [-0.25, -0.2) is 13.6 Å². The number of anilines is 1. The summed E-state index contributed by atoms with van der Waals surface area (Å²) in [5.74, 6) is -0.484. The topological polar surface area (TPSA) is 105 Å². The van der Waals surface area contributed by atoms with E-state index in [0.29, 0.717) is 16.9 Å². The molecule has 1 aromatic carbocycles. The van der Waals surface area contributed by atoms with Crippen LogP contribution in [0.3, 0.4) is 0 Å². The highest BCUT2D eigenvalue weighted by atomic mass is 32.2. The molecule has 6 nitrogen and oxygen atoms in total. The number of amides is 1. The van der Waals surface area contributed by atoms with E-state index in [1.807, 2.05) is 0 Å². The third-order valence-corrected chi connectivity index (χ3v) is 3.16. The van der Waals surface area contributed by atoms with Crippen LogP contribution in [-0.4, -0.2) is 19.3 Å². The summed E-state index contributed by atoms with van der Waals surface area (Å²) in [6.45, 7) is 0. The molecule has 7 heteroatoms. The van der Waals surface area contributed by atoms with Crippen LogP contribution in [0.1, 0.15) is 16.1 Å². The van der Waals surface area contributed by atoms with Crippen LogP contribution in [0.25, 0.3) is 0 Å². The minimum absolute atomic E-state index is 0.224. The van der Waals surface area contributed by atoms with Gasteiger partial charge in [-0.1, -0.05) is 12.1 Å². The fraction of sp³-hybridized carbons (Fsp3) is 0.0833. The molecule has 0 aliphatic heterocycles. The predicted molar refractivity (Wildman–Crippen MR) is 72.0 cm³/mol.